The number of ether oxygens (including phenoxy) is 2. The number of hydrogen-bond donors (Lipinski definition) is 2. The molecule has 0 heterocycles. The lowest BCUT2D eigenvalue weighted by Gasteiger charge is -2.35. The van der Waals surface area contributed by atoms with Gasteiger partial charge in [0, 0.05) is 12.1 Å². The summed E-state index contributed by atoms with van der Waals surface area (Å²) in [7, 11) is 1.22. The number of nitrogens with zero attached hydrogens (tertiary/aromatic N) is 1. The molecule has 0 fully saturated rings. The molecule has 0 radical (unpaired) electrons. The molecule has 0 saturated carbocycles. The van der Waals surface area contributed by atoms with Crippen molar-refractivity contribution in [3.05, 3.63) is 35.4 Å². The molecule has 2 N–H and O–H groups in total. The molecule has 2 atom stereocenters. The lowest BCUT2D eigenvalue weighted by Crippen LogP contribution is -2.53. The van der Waals surface area contributed by atoms with E-state index >= 15 is 0 Å². The topological polar surface area (TPSA) is 114 Å². The fourth-order valence-corrected chi connectivity index (χ4v) is 3.96. The van der Waals surface area contributed by atoms with Gasteiger partial charge in [-0.25, -0.2) is 4.79 Å². The van der Waals surface area contributed by atoms with Crippen molar-refractivity contribution in [1.29, 1.82) is 0 Å². The molecule has 0 aromatic heterocycles. The molecular formula is C27H39N3O6S. The number of unbranched alkanes of at least 4 members (excludes halogenated alkanes) is 1. The molecule has 1 aromatic rings. The number of esters is 1. The van der Waals surface area contributed by atoms with Gasteiger partial charge in [0.05, 0.1) is 7.11 Å². The number of carbonyl (C=O) groups is 4. The van der Waals surface area contributed by atoms with Crippen LogP contribution in [0.5, 0.6) is 0 Å². The van der Waals surface area contributed by atoms with Gasteiger partial charge in [-0.15, -0.1) is 6.42 Å². The number of rotatable bonds is 13. The molecule has 0 spiro atoms. The Morgan fingerprint density at radius 3 is 2.43 bits per heavy atom. The van der Waals surface area contributed by atoms with Gasteiger partial charge in [-0.1, -0.05) is 37.5 Å². The number of thioether (sulfide) groups is 1. The van der Waals surface area contributed by atoms with Crippen LogP contribution in [0.15, 0.2) is 24.3 Å². The summed E-state index contributed by atoms with van der Waals surface area (Å²) in [6.45, 7) is 7.03. The Morgan fingerprint density at radius 2 is 1.86 bits per heavy atom. The van der Waals surface area contributed by atoms with Crippen molar-refractivity contribution in [3.63, 3.8) is 0 Å². The predicted octanol–water partition coefficient (Wildman–Crippen LogP) is 3.27. The quantitative estimate of drug-likeness (QED) is 0.295. The van der Waals surface area contributed by atoms with Crippen molar-refractivity contribution >= 4 is 35.6 Å². The number of methoxy groups -OCH3 is 1. The van der Waals surface area contributed by atoms with Crippen molar-refractivity contribution < 1.29 is 28.7 Å². The fraction of sp³-hybridized carbons (Fsp3) is 0.556. The summed E-state index contributed by atoms with van der Waals surface area (Å²) in [5.41, 5.74) is 0.134. The molecule has 0 aliphatic carbocycles. The van der Waals surface area contributed by atoms with E-state index in [2.05, 4.69) is 21.3 Å². The SMILES string of the molecule is C#Cc1ccccc1C(C(=O)NCC(=O)OC)N(CCCC)C(=O)C(CCSC)NC(=O)OC(C)(C)C. The number of alkyl carbamates (subject to hydrolysis) is 1. The van der Waals surface area contributed by atoms with Crippen LogP contribution in [-0.2, 0) is 23.9 Å². The van der Waals surface area contributed by atoms with Gasteiger partial charge < -0.3 is 25.0 Å². The van der Waals surface area contributed by atoms with Crippen molar-refractivity contribution in [2.45, 2.75) is 64.6 Å². The highest BCUT2D eigenvalue weighted by Crippen LogP contribution is 2.26. The molecule has 204 valence electrons. The van der Waals surface area contributed by atoms with Crippen LogP contribution in [-0.4, -0.2) is 72.6 Å². The van der Waals surface area contributed by atoms with E-state index in [9.17, 15) is 19.2 Å². The average molecular weight is 534 g/mol. The second-order valence-electron chi connectivity index (χ2n) is 9.29. The highest BCUT2D eigenvalue weighted by molar-refractivity contribution is 7.98. The largest absolute Gasteiger partial charge is 0.468 e. The summed E-state index contributed by atoms with van der Waals surface area (Å²) < 4.78 is 10.0. The second-order valence-corrected chi connectivity index (χ2v) is 10.3. The smallest absolute Gasteiger partial charge is 0.408 e. The highest BCUT2D eigenvalue weighted by atomic mass is 32.2. The summed E-state index contributed by atoms with van der Waals surface area (Å²) in [5.74, 6) is 1.50. The Labute approximate surface area is 224 Å². The predicted molar refractivity (Wildman–Crippen MR) is 145 cm³/mol. The van der Waals surface area contributed by atoms with Gasteiger partial charge >= 0.3 is 12.1 Å². The molecule has 10 heteroatoms. The van der Waals surface area contributed by atoms with E-state index in [1.807, 2.05) is 13.2 Å². The van der Waals surface area contributed by atoms with Crippen LogP contribution in [0.1, 0.15) is 64.1 Å². The van der Waals surface area contributed by atoms with E-state index in [1.54, 1.807) is 45.0 Å². The Kier molecular flexibility index (Phi) is 13.6. The summed E-state index contributed by atoms with van der Waals surface area (Å²) in [4.78, 5) is 53.2. The maximum absolute atomic E-state index is 14.0. The van der Waals surface area contributed by atoms with E-state index in [0.29, 0.717) is 29.7 Å². The van der Waals surface area contributed by atoms with Gasteiger partial charge in [-0.2, -0.15) is 11.8 Å². The third-order valence-corrected chi connectivity index (χ3v) is 5.88. The molecule has 1 aromatic carbocycles. The minimum absolute atomic E-state index is 0.232. The van der Waals surface area contributed by atoms with Gasteiger partial charge in [0.2, 0.25) is 11.8 Å². The first-order valence-corrected chi connectivity index (χ1v) is 13.6. The van der Waals surface area contributed by atoms with Gasteiger partial charge in [-0.05, 0) is 57.3 Å². The number of benzene rings is 1. The zero-order chi connectivity index (χ0) is 28.0. The molecule has 37 heavy (non-hydrogen) atoms. The Bertz CT molecular complexity index is 970. The molecule has 0 bridgehead atoms. The average Bonchev–Trinajstić information content (AvgIpc) is 2.85. The fourth-order valence-electron chi connectivity index (χ4n) is 3.48. The second kappa shape index (κ2) is 15.8. The minimum Gasteiger partial charge on any atom is -0.468 e. The molecule has 1 rings (SSSR count). The molecule has 0 aliphatic heterocycles. The normalized spacial score (nSPS) is 12.5. The third-order valence-electron chi connectivity index (χ3n) is 5.24. The van der Waals surface area contributed by atoms with Gasteiger partial charge in [0.25, 0.3) is 0 Å². The van der Waals surface area contributed by atoms with Crippen LogP contribution in [0, 0.1) is 12.3 Å². The summed E-state index contributed by atoms with van der Waals surface area (Å²) >= 11 is 1.53. The first-order valence-electron chi connectivity index (χ1n) is 12.2. The summed E-state index contributed by atoms with van der Waals surface area (Å²) in [5, 5.41) is 5.24. The Morgan fingerprint density at radius 1 is 1.19 bits per heavy atom. The first-order chi connectivity index (χ1) is 17.5. The standard InChI is InChI=1S/C27H39N3O6S/c1-8-10-16-30(25(33)21(15-17-37-7)29-26(34)36-27(3,4)5)23(24(32)28-18-22(31)35-6)20-14-12-11-13-19(20)9-2/h2,11-14,21,23H,8,10,15-18H2,1,3-7H3,(H,28,32)(H,29,34). The lowest BCUT2D eigenvalue weighted by molar-refractivity contribution is -0.144. The molecule has 2 unspecified atom stereocenters. The highest BCUT2D eigenvalue weighted by Gasteiger charge is 2.36. The zero-order valence-corrected chi connectivity index (χ0v) is 23.4. The van der Waals surface area contributed by atoms with Crippen LogP contribution in [0.4, 0.5) is 4.79 Å². The molecule has 0 aliphatic rings. The number of terminal acetylenes is 1. The van der Waals surface area contributed by atoms with Crippen LogP contribution in [0.25, 0.3) is 0 Å². The summed E-state index contributed by atoms with van der Waals surface area (Å²) in [6, 6.07) is 4.76. The van der Waals surface area contributed by atoms with E-state index in [0.717, 1.165) is 6.42 Å². The third kappa shape index (κ3) is 10.8. The van der Waals surface area contributed by atoms with E-state index in [4.69, 9.17) is 11.2 Å². The summed E-state index contributed by atoms with van der Waals surface area (Å²) in [6.07, 6.45) is 8.59. The maximum atomic E-state index is 14.0. The minimum atomic E-state index is -1.13. The van der Waals surface area contributed by atoms with Crippen LogP contribution < -0.4 is 10.6 Å². The van der Waals surface area contributed by atoms with Crippen LogP contribution in [0.3, 0.4) is 0 Å². The molecular weight excluding hydrogens is 494 g/mol. The van der Waals surface area contributed by atoms with Gasteiger partial charge in [0.1, 0.15) is 24.2 Å². The van der Waals surface area contributed by atoms with Crippen molar-refractivity contribution in [2.24, 2.45) is 0 Å². The number of nitrogens with one attached hydrogen (secondary N) is 2. The van der Waals surface area contributed by atoms with E-state index < -0.39 is 41.6 Å². The van der Waals surface area contributed by atoms with E-state index in [-0.39, 0.29) is 13.1 Å². The van der Waals surface area contributed by atoms with Crippen LogP contribution in [0.2, 0.25) is 0 Å². The number of carbonyl (C=O) groups excluding carboxylic acids is 4. The van der Waals surface area contributed by atoms with E-state index in [1.165, 1.54) is 23.8 Å². The van der Waals surface area contributed by atoms with Crippen molar-refractivity contribution in [3.8, 4) is 12.3 Å². The maximum Gasteiger partial charge on any atom is 0.408 e. The van der Waals surface area contributed by atoms with Gasteiger partial charge in [0.15, 0.2) is 0 Å². The molecule has 3 amide bonds. The molecule has 9 nitrogen and oxygen atoms in total. The van der Waals surface area contributed by atoms with Crippen LogP contribution >= 0.6 is 11.8 Å². The lowest BCUT2D eigenvalue weighted by atomic mass is 9.97. The monoisotopic (exact) mass is 533 g/mol. The van der Waals surface area contributed by atoms with Crippen molar-refractivity contribution in [2.75, 3.05) is 32.2 Å². The van der Waals surface area contributed by atoms with Gasteiger partial charge in [-0.3, -0.25) is 14.4 Å². The van der Waals surface area contributed by atoms with Crippen molar-refractivity contribution in [1.82, 2.24) is 15.5 Å². The number of hydrogen-bond acceptors (Lipinski definition) is 7. The zero-order valence-electron chi connectivity index (χ0n) is 22.6. The number of amides is 3. The Hall–Kier alpha value is -3.19. The first kappa shape index (κ1) is 31.8. The molecule has 0 saturated heterocycles. The Balaban J connectivity index is 3.52.